The predicted octanol–water partition coefficient (Wildman–Crippen LogP) is 6.01. The molecule has 4 rings (SSSR count). The minimum Gasteiger partial charge on any atom is -0.493 e. The molecule has 5 nitrogen and oxygen atoms in total. The first-order valence-electron chi connectivity index (χ1n) is 11.4. The standard InChI is InChI=1S/C26H27F3N2O3S/c1-33-21-10-9-19(14-22(21)34-2)25(11-3-4-12-25)16-30-24(32)20-15-35-23(31-20)13-17-5-7-18(8-6-17)26(27,28)29/h5-10,14-15H,3-4,11-13,16H2,1-2H3,(H,30,32). The number of amides is 1. The fourth-order valence-corrected chi connectivity index (χ4v) is 5.42. The molecule has 9 heteroatoms. The second-order valence-corrected chi connectivity index (χ2v) is 9.68. The van der Waals surface area contributed by atoms with Gasteiger partial charge in [-0.15, -0.1) is 11.3 Å². The maximum absolute atomic E-state index is 12.9. The molecule has 0 aliphatic heterocycles. The van der Waals surface area contributed by atoms with E-state index in [1.54, 1.807) is 19.6 Å². The summed E-state index contributed by atoms with van der Waals surface area (Å²) in [5.74, 6) is 1.07. The van der Waals surface area contributed by atoms with Gasteiger partial charge in [0.15, 0.2) is 11.5 Å². The summed E-state index contributed by atoms with van der Waals surface area (Å²) in [5.41, 5.74) is 1.26. The lowest BCUT2D eigenvalue weighted by atomic mass is 9.78. The molecule has 0 unspecified atom stereocenters. The van der Waals surface area contributed by atoms with Crippen molar-refractivity contribution in [1.29, 1.82) is 0 Å². The number of methoxy groups -OCH3 is 2. The van der Waals surface area contributed by atoms with E-state index in [9.17, 15) is 18.0 Å². The highest BCUT2D eigenvalue weighted by molar-refractivity contribution is 7.09. The van der Waals surface area contributed by atoms with Crippen LogP contribution in [0, 0.1) is 0 Å². The summed E-state index contributed by atoms with van der Waals surface area (Å²) in [5, 5.41) is 5.41. The van der Waals surface area contributed by atoms with E-state index in [-0.39, 0.29) is 11.3 Å². The van der Waals surface area contributed by atoms with Crippen LogP contribution < -0.4 is 14.8 Å². The maximum atomic E-state index is 12.9. The summed E-state index contributed by atoms with van der Waals surface area (Å²) >= 11 is 1.32. The van der Waals surface area contributed by atoms with Gasteiger partial charge in [-0.3, -0.25) is 4.79 Å². The minimum atomic E-state index is -4.36. The van der Waals surface area contributed by atoms with Crippen LogP contribution in [0.3, 0.4) is 0 Å². The Morgan fingerprint density at radius 3 is 2.37 bits per heavy atom. The minimum absolute atomic E-state index is 0.186. The molecule has 1 N–H and O–H groups in total. The second-order valence-electron chi connectivity index (χ2n) is 8.74. The van der Waals surface area contributed by atoms with Gasteiger partial charge in [0.1, 0.15) is 5.69 Å². The summed E-state index contributed by atoms with van der Waals surface area (Å²) in [6, 6.07) is 10.9. The number of nitrogens with zero attached hydrogens (tertiary/aromatic N) is 1. The Bertz CT molecular complexity index is 1170. The Balaban J connectivity index is 1.42. The quantitative estimate of drug-likeness (QED) is 0.408. The van der Waals surface area contributed by atoms with Crippen molar-refractivity contribution >= 4 is 17.2 Å². The topological polar surface area (TPSA) is 60.5 Å². The van der Waals surface area contributed by atoms with Crippen LogP contribution in [-0.2, 0) is 18.0 Å². The smallest absolute Gasteiger partial charge is 0.416 e. The van der Waals surface area contributed by atoms with Crippen molar-refractivity contribution in [2.24, 2.45) is 0 Å². The zero-order valence-electron chi connectivity index (χ0n) is 19.6. The first kappa shape index (κ1) is 25.0. The normalized spacial score (nSPS) is 15.1. The van der Waals surface area contributed by atoms with Crippen LogP contribution in [0.5, 0.6) is 11.5 Å². The first-order valence-corrected chi connectivity index (χ1v) is 12.2. The van der Waals surface area contributed by atoms with E-state index in [0.29, 0.717) is 40.7 Å². The lowest BCUT2D eigenvalue weighted by molar-refractivity contribution is -0.137. The molecule has 3 aromatic rings. The van der Waals surface area contributed by atoms with Crippen molar-refractivity contribution in [3.63, 3.8) is 0 Å². The van der Waals surface area contributed by atoms with Crippen LogP contribution >= 0.6 is 11.3 Å². The summed E-state index contributed by atoms with van der Waals surface area (Å²) < 4.78 is 49.1. The molecule has 0 bridgehead atoms. The summed E-state index contributed by atoms with van der Waals surface area (Å²) in [4.78, 5) is 17.3. The maximum Gasteiger partial charge on any atom is 0.416 e. The third-order valence-corrected chi connectivity index (χ3v) is 7.41. The second kappa shape index (κ2) is 10.3. The summed E-state index contributed by atoms with van der Waals surface area (Å²) in [6.07, 6.45) is 0.0820. The predicted molar refractivity (Wildman–Crippen MR) is 128 cm³/mol. The van der Waals surface area contributed by atoms with Gasteiger partial charge in [-0.1, -0.05) is 31.0 Å². The number of aromatic nitrogens is 1. The van der Waals surface area contributed by atoms with Crippen LogP contribution in [0.15, 0.2) is 47.8 Å². The summed E-state index contributed by atoms with van der Waals surface area (Å²) in [6.45, 7) is 0.479. The molecule has 1 aliphatic carbocycles. The van der Waals surface area contributed by atoms with E-state index >= 15 is 0 Å². The number of benzene rings is 2. The van der Waals surface area contributed by atoms with Crippen molar-refractivity contribution in [1.82, 2.24) is 10.3 Å². The molecule has 0 atom stereocenters. The zero-order chi connectivity index (χ0) is 25.1. The number of carbonyl (C=O) groups is 1. The van der Waals surface area contributed by atoms with Gasteiger partial charge in [0.25, 0.3) is 5.91 Å². The largest absolute Gasteiger partial charge is 0.493 e. The van der Waals surface area contributed by atoms with Gasteiger partial charge in [-0.2, -0.15) is 13.2 Å². The number of hydrogen-bond donors (Lipinski definition) is 1. The molecule has 186 valence electrons. The Morgan fingerprint density at radius 1 is 1.06 bits per heavy atom. The van der Waals surface area contributed by atoms with Gasteiger partial charge >= 0.3 is 6.18 Å². The molecule has 0 saturated heterocycles. The van der Waals surface area contributed by atoms with E-state index in [2.05, 4.69) is 10.3 Å². The molecular formula is C26H27F3N2O3S. The molecule has 1 amide bonds. The van der Waals surface area contributed by atoms with Crippen LogP contribution in [-0.4, -0.2) is 31.7 Å². The highest BCUT2D eigenvalue weighted by Crippen LogP contribution is 2.43. The number of ether oxygens (including phenoxy) is 2. The van der Waals surface area contributed by atoms with Gasteiger partial charge in [-0.05, 0) is 48.2 Å². The number of nitrogens with one attached hydrogen (secondary N) is 1. The Hall–Kier alpha value is -3.07. The van der Waals surface area contributed by atoms with Gasteiger partial charge in [0.05, 0.1) is 24.8 Å². The number of thiazole rings is 1. The molecule has 1 aliphatic rings. The molecule has 1 heterocycles. The lowest BCUT2D eigenvalue weighted by Gasteiger charge is -2.30. The van der Waals surface area contributed by atoms with Gasteiger partial charge in [-0.25, -0.2) is 4.98 Å². The van der Waals surface area contributed by atoms with E-state index in [1.165, 1.54) is 23.5 Å². The van der Waals surface area contributed by atoms with Crippen LogP contribution in [0.2, 0.25) is 0 Å². The Morgan fingerprint density at radius 2 is 1.74 bits per heavy atom. The number of carbonyl (C=O) groups excluding carboxylic acids is 1. The van der Waals surface area contributed by atoms with Crippen LogP contribution in [0.1, 0.15) is 57.9 Å². The van der Waals surface area contributed by atoms with Crippen LogP contribution in [0.25, 0.3) is 0 Å². The van der Waals surface area contributed by atoms with Crippen molar-refractivity contribution in [2.75, 3.05) is 20.8 Å². The molecule has 0 spiro atoms. The Kier molecular flexibility index (Phi) is 7.35. The fourth-order valence-electron chi connectivity index (χ4n) is 4.61. The third-order valence-electron chi connectivity index (χ3n) is 6.56. The molecule has 0 radical (unpaired) electrons. The highest BCUT2D eigenvalue weighted by atomic mass is 32.1. The van der Waals surface area contributed by atoms with E-state index in [1.807, 2.05) is 18.2 Å². The van der Waals surface area contributed by atoms with Crippen molar-refractivity contribution in [2.45, 2.75) is 43.7 Å². The van der Waals surface area contributed by atoms with E-state index in [4.69, 9.17) is 9.47 Å². The molecular weight excluding hydrogens is 477 g/mol. The number of alkyl halides is 3. The molecule has 35 heavy (non-hydrogen) atoms. The van der Waals surface area contributed by atoms with E-state index in [0.717, 1.165) is 43.4 Å². The fraction of sp³-hybridized carbons (Fsp3) is 0.385. The average molecular weight is 505 g/mol. The number of halogens is 3. The third kappa shape index (κ3) is 5.61. The molecule has 1 aromatic heterocycles. The van der Waals surface area contributed by atoms with Crippen LogP contribution in [0.4, 0.5) is 13.2 Å². The van der Waals surface area contributed by atoms with E-state index < -0.39 is 11.7 Å². The summed E-state index contributed by atoms with van der Waals surface area (Å²) in [7, 11) is 3.21. The average Bonchev–Trinajstić information content (AvgIpc) is 3.52. The van der Waals surface area contributed by atoms with Gasteiger partial charge < -0.3 is 14.8 Å². The molecule has 1 fully saturated rings. The first-order chi connectivity index (χ1) is 16.7. The lowest BCUT2D eigenvalue weighted by Crippen LogP contribution is -2.39. The SMILES string of the molecule is COc1ccc(C2(CNC(=O)c3csc(Cc4ccc(C(F)(F)F)cc4)n3)CCCC2)cc1OC. The Labute approximate surface area is 206 Å². The highest BCUT2D eigenvalue weighted by Gasteiger charge is 2.37. The van der Waals surface area contributed by atoms with Crippen molar-refractivity contribution in [3.05, 3.63) is 75.2 Å². The monoisotopic (exact) mass is 504 g/mol. The van der Waals surface area contributed by atoms with Crippen molar-refractivity contribution < 1.29 is 27.4 Å². The zero-order valence-corrected chi connectivity index (χ0v) is 20.4. The molecule has 1 saturated carbocycles. The number of rotatable bonds is 8. The van der Waals surface area contributed by atoms with Gasteiger partial charge in [0.2, 0.25) is 0 Å². The molecule has 2 aromatic carbocycles. The van der Waals surface area contributed by atoms with Crippen molar-refractivity contribution in [3.8, 4) is 11.5 Å². The van der Waals surface area contributed by atoms with Gasteiger partial charge in [0, 0.05) is 23.8 Å². The number of hydrogen-bond acceptors (Lipinski definition) is 5.